The summed E-state index contributed by atoms with van der Waals surface area (Å²) in [6.45, 7) is 3.37. The molecule has 0 saturated carbocycles. The number of carbonyl (C=O) groups excluding carboxylic acids is 1. The molecule has 3 aromatic carbocycles. The lowest BCUT2D eigenvalue weighted by Crippen LogP contribution is -2.42. The lowest BCUT2D eigenvalue weighted by molar-refractivity contribution is -0.120. The summed E-state index contributed by atoms with van der Waals surface area (Å²) in [5.41, 5.74) is 2.07. The summed E-state index contributed by atoms with van der Waals surface area (Å²) in [5.74, 6) is -0.938. The highest BCUT2D eigenvalue weighted by atomic mass is 32.2. The highest BCUT2D eigenvalue weighted by Crippen LogP contribution is 2.24. The molecule has 0 fully saturated rings. The van der Waals surface area contributed by atoms with Crippen LogP contribution in [-0.4, -0.2) is 20.9 Å². The number of anilines is 1. The topological polar surface area (TPSA) is 66.5 Å². The third-order valence-electron chi connectivity index (χ3n) is 4.96. The van der Waals surface area contributed by atoms with Crippen molar-refractivity contribution in [1.82, 2.24) is 5.32 Å². The van der Waals surface area contributed by atoms with Crippen molar-refractivity contribution < 1.29 is 17.6 Å². The van der Waals surface area contributed by atoms with Gasteiger partial charge in [-0.1, -0.05) is 55.0 Å². The van der Waals surface area contributed by atoms with Crippen LogP contribution in [0.25, 0.3) is 0 Å². The Bertz CT molecular complexity index is 1120. The number of aryl methyl sites for hydroxylation is 1. The van der Waals surface area contributed by atoms with Gasteiger partial charge in [0.2, 0.25) is 5.91 Å². The second-order valence-corrected chi connectivity index (χ2v) is 9.10. The van der Waals surface area contributed by atoms with E-state index in [4.69, 9.17) is 0 Å². The van der Waals surface area contributed by atoms with Crippen LogP contribution in [0.3, 0.4) is 0 Å². The van der Waals surface area contributed by atoms with E-state index in [-0.39, 0.29) is 16.6 Å². The molecule has 7 heteroatoms. The zero-order chi connectivity index (χ0) is 22.4. The van der Waals surface area contributed by atoms with Crippen LogP contribution >= 0.6 is 0 Å². The van der Waals surface area contributed by atoms with Crippen LogP contribution in [0.4, 0.5) is 10.1 Å². The van der Waals surface area contributed by atoms with E-state index in [1.165, 1.54) is 36.4 Å². The molecule has 0 aliphatic carbocycles. The Morgan fingerprint density at radius 3 is 2.16 bits per heavy atom. The van der Waals surface area contributed by atoms with Gasteiger partial charge in [0, 0.05) is 0 Å². The molecular formula is C24H25FN2O3S. The van der Waals surface area contributed by atoms with E-state index in [1.807, 2.05) is 44.2 Å². The van der Waals surface area contributed by atoms with Crippen molar-refractivity contribution in [1.29, 1.82) is 0 Å². The number of benzene rings is 3. The van der Waals surface area contributed by atoms with Gasteiger partial charge < -0.3 is 5.32 Å². The van der Waals surface area contributed by atoms with E-state index in [0.717, 1.165) is 15.4 Å². The monoisotopic (exact) mass is 440 g/mol. The predicted molar refractivity (Wildman–Crippen MR) is 120 cm³/mol. The molecule has 1 unspecified atom stereocenters. The summed E-state index contributed by atoms with van der Waals surface area (Å²) in [5, 5.41) is 2.91. The molecule has 0 aliphatic heterocycles. The number of rotatable bonds is 8. The molecule has 0 spiro atoms. The van der Waals surface area contributed by atoms with Crippen LogP contribution in [0.1, 0.15) is 30.5 Å². The Labute approximate surface area is 182 Å². The van der Waals surface area contributed by atoms with Crippen LogP contribution < -0.4 is 9.62 Å². The van der Waals surface area contributed by atoms with Crippen LogP contribution in [0.2, 0.25) is 0 Å². The summed E-state index contributed by atoms with van der Waals surface area (Å²) in [7, 11) is -4.04. The van der Waals surface area contributed by atoms with Crippen molar-refractivity contribution >= 4 is 21.6 Å². The average Bonchev–Trinajstić information content (AvgIpc) is 2.77. The highest BCUT2D eigenvalue weighted by molar-refractivity contribution is 7.92. The third kappa shape index (κ3) is 5.49. The minimum atomic E-state index is -4.04. The molecule has 0 aromatic heterocycles. The zero-order valence-corrected chi connectivity index (χ0v) is 18.3. The first-order valence-electron chi connectivity index (χ1n) is 10.0. The summed E-state index contributed by atoms with van der Waals surface area (Å²) >= 11 is 0. The molecule has 0 saturated heterocycles. The maximum Gasteiger partial charge on any atom is 0.264 e. The minimum Gasteiger partial charge on any atom is -0.348 e. The number of nitrogens with one attached hydrogen (secondary N) is 1. The Morgan fingerprint density at radius 1 is 0.968 bits per heavy atom. The molecule has 1 N–H and O–H groups in total. The maximum absolute atomic E-state index is 13.4. The van der Waals surface area contributed by atoms with E-state index in [1.54, 1.807) is 12.1 Å². The van der Waals surface area contributed by atoms with Gasteiger partial charge in [-0.3, -0.25) is 9.10 Å². The number of nitrogens with zero attached hydrogens (tertiary/aromatic N) is 1. The van der Waals surface area contributed by atoms with Crippen molar-refractivity contribution in [2.75, 3.05) is 10.8 Å². The largest absolute Gasteiger partial charge is 0.348 e. The Balaban J connectivity index is 1.90. The number of amides is 1. The first-order valence-corrected chi connectivity index (χ1v) is 11.4. The van der Waals surface area contributed by atoms with Gasteiger partial charge in [0.25, 0.3) is 10.0 Å². The third-order valence-corrected chi connectivity index (χ3v) is 6.74. The molecule has 0 bridgehead atoms. The lowest BCUT2D eigenvalue weighted by Gasteiger charge is -2.25. The van der Waals surface area contributed by atoms with Crippen LogP contribution in [0, 0.1) is 12.7 Å². The SMILES string of the molecule is CCC(NC(=O)CN(c1ccc(F)cc1)S(=O)(=O)c1ccc(C)cc1)c1ccccc1. The Morgan fingerprint density at radius 2 is 1.58 bits per heavy atom. The second-order valence-electron chi connectivity index (χ2n) is 7.24. The molecule has 31 heavy (non-hydrogen) atoms. The summed E-state index contributed by atoms with van der Waals surface area (Å²) in [4.78, 5) is 12.9. The normalized spacial score (nSPS) is 12.2. The minimum absolute atomic E-state index is 0.0605. The van der Waals surface area contributed by atoms with Crippen molar-refractivity contribution in [3.63, 3.8) is 0 Å². The standard InChI is InChI=1S/C24H25FN2O3S/c1-3-23(19-7-5-4-6-8-19)26-24(28)17-27(21-13-11-20(25)12-14-21)31(29,30)22-15-9-18(2)10-16-22/h4-16,23H,3,17H2,1-2H3,(H,26,28). The molecule has 1 atom stereocenters. The first-order chi connectivity index (χ1) is 14.8. The average molecular weight is 441 g/mol. The molecule has 1 amide bonds. The molecule has 162 valence electrons. The zero-order valence-electron chi connectivity index (χ0n) is 17.5. The van der Waals surface area contributed by atoms with Gasteiger partial charge >= 0.3 is 0 Å². The fraction of sp³-hybridized carbons (Fsp3) is 0.208. The molecule has 3 rings (SSSR count). The fourth-order valence-corrected chi connectivity index (χ4v) is 4.66. The maximum atomic E-state index is 13.4. The molecular weight excluding hydrogens is 415 g/mol. The van der Waals surface area contributed by atoms with Gasteiger partial charge in [0.1, 0.15) is 12.4 Å². The van der Waals surface area contributed by atoms with E-state index >= 15 is 0 Å². The quantitative estimate of drug-likeness (QED) is 0.557. The van der Waals surface area contributed by atoms with Crippen molar-refractivity contribution in [3.05, 3.63) is 95.8 Å². The molecule has 3 aromatic rings. The van der Waals surface area contributed by atoms with Crippen molar-refractivity contribution in [2.24, 2.45) is 0 Å². The number of hydrogen-bond donors (Lipinski definition) is 1. The molecule has 0 aliphatic rings. The van der Waals surface area contributed by atoms with E-state index in [0.29, 0.717) is 6.42 Å². The predicted octanol–water partition coefficient (Wildman–Crippen LogP) is 4.60. The molecule has 0 heterocycles. The Kier molecular flexibility index (Phi) is 7.07. The van der Waals surface area contributed by atoms with E-state index in [9.17, 15) is 17.6 Å². The van der Waals surface area contributed by atoms with Crippen LogP contribution in [0.5, 0.6) is 0 Å². The smallest absolute Gasteiger partial charge is 0.264 e. The summed E-state index contributed by atoms with van der Waals surface area (Å²) < 4.78 is 41.1. The van der Waals surface area contributed by atoms with Crippen molar-refractivity contribution in [3.8, 4) is 0 Å². The van der Waals surface area contributed by atoms with Gasteiger partial charge in [0.05, 0.1) is 16.6 Å². The Hall–Kier alpha value is -3.19. The summed E-state index contributed by atoms with van der Waals surface area (Å²) in [6.07, 6.45) is 0.650. The van der Waals surface area contributed by atoms with Crippen molar-refractivity contribution in [2.45, 2.75) is 31.2 Å². The first kappa shape index (κ1) is 22.5. The summed E-state index contributed by atoms with van der Waals surface area (Å²) in [6, 6.07) is 20.7. The van der Waals surface area contributed by atoms with Gasteiger partial charge in [0.15, 0.2) is 0 Å². The van der Waals surface area contributed by atoms with E-state index in [2.05, 4.69) is 5.32 Å². The van der Waals surface area contributed by atoms with Gasteiger partial charge in [-0.25, -0.2) is 12.8 Å². The number of carbonyl (C=O) groups is 1. The van der Waals surface area contributed by atoms with Gasteiger partial charge in [-0.05, 0) is 55.3 Å². The lowest BCUT2D eigenvalue weighted by atomic mass is 10.0. The number of sulfonamides is 1. The van der Waals surface area contributed by atoms with Crippen LogP contribution in [-0.2, 0) is 14.8 Å². The highest BCUT2D eigenvalue weighted by Gasteiger charge is 2.28. The molecule has 0 radical (unpaired) electrons. The second kappa shape index (κ2) is 9.75. The number of hydrogen-bond acceptors (Lipinski definition) is 3. The van der Waals surface area contributed by atoms with Gasteiger partial charge in [-0.15, -0.1) is 0 Å². The van der Waals surface area contributed by atoms with Gasteiger partial charge in [-0.2, -0.15) is 0 Å². The molecule has 5 nitrogen and oxygen atoms in total. The fourth-order valence-electron chi connectivity index (χ4n) is 3.24. The van der Waals surface area contributed by atoms with E-state index < -0.39 is 28.3 Å². The van der Waals surface area contributed by atoms with Crippen LogP contribution in [0.15, 0.2) is 83.8 Å². The number of halogens is 1.